The van der Waals surface area contributed by atoms with E-state index in [1.165, 1.54) is 20.6 Å². The minimum atomic E-state index is -0.660. The van der Waals surface area contributed by atoms with Crippen molar-refractivity contribution in [3.63, 3.8) is 0 Å². The molecule has 3 rings (SSSR count). The highest BCUT2D eigenvalue weighted by Crippen LogP contribution is 2.37. The van der Waals surface area contributed by atoms with Gasteiger partial charge in [0.15, 0.2) is 5.76 Å². The normalized spacial score (nSPS) is 14.4. The molecule has 0 radical (unpaired) electrons. The molecule has 1 fully saturated rings. The zero-order chi connectivity index (χ0) is 20.1. The second-order valence-corrected chi connectivity index (χ2v) is 6.70. The highest BCUT2D eigenvalue weighted by atomic mass is 16.5. The van der Waals surface area contributed by atoms with Crippen LogP contribution in [-0.2, 0) is 9.47 Å². The molecule has 7 heteroatoms. The predicted octanol–water partition coefficient (Wildman–Crippen LogP) is 4.27. The molecule has 1 aromatic heterocycles. The van der Waals surface area contributed by atoms with Gasteiger partial charge in [-0.15, -0.1) is 0 Å². The highest BCUT2D eigenvalue weighted by molar-refractivity contribution is 6.10. The Bertz CT molecular complexity index is 833. The Morgan fingerprint density at radius 2 is 1.54 bits per heavy atom. The summed E-state index contributed by atoms with van der Waals surface area (Å²) in [5, 5.41) is 3.30. The summed E-state index contributed by atoms with van der Waals surface area (Å²) in [6.07, 6.45) is 5.38. The first-order valence-corrected chi connectivity index (χ1v) is 9.33. The van der Waals surface area contributed by atoms with E-state index in [1.807, 2.05) is 0 Å². The van der Waals surface area contributed by atoms with Gasteiger partial charge >= 0.3 is 11.9 Å². The summed E-state index contributed by atoms with van der Waals surface area (Å²) < 4.78 is 21.0. The van der Waals surface area contributed by atoms with Gasteiger partial charge in [-0.2, -0.15) is 0 Å². The Kier molecular flexibility index (Phi) is 6.23. The Labute approximate surface area is 164 Å². The van der Waals surface area contributed by atoms with E-state index in [2.05, 4.69) is 5.32 Å². The monoisotopic (exact) mass is 387 g/mol. The molecule has 1 aliphatic rings. The van der Waals surface area contributed by atoms with E-state index in [4.69, 9.17) is 18.6 Å². The number of furan rings is 1. The fourth-order valence-corrected chi connectivity index (χ4v) is 3.50. The summed E-state index contributed by atoms with van der Waals surface area (Å²) in [5.41, 5.74) is 0.742. The fraction of sp³-hybridized carbons (Fsp3) is 0.429. The van der Waals surface area contributed by atoms with E-state index in [-0.39, 0.29) is 28.8 Å². The molecular formula is C21H25NO6. The molecule has 0 amide bonds. The van der Waals surface area contributed by atoms with Crippen LogP contribution in [0, 0.1) is 0 Å². The molecule has 0 saturated heterocycles. The number of hydrogen-bond acceptors (Lipinski definition) is 7. The number of methoxy groups -OCH3 is 3. The van der Waals surface area contributed by atoms with Crippen LogP contribution in [0.5, 0.6) is 5.75 Å². The third kappa shape index (κ3) is 3.98. The van der Waals surface area contributed by atoms with E-state index in [1.54, 1.807) is 31.4 Å². The second-order valence-electron chi connectivity index (χ2n) is 6.70. The smallest absolute Gasteiger partial charge is 0.344 e. The summed E-state index contributed by atoms with van der Waals surface area (Å²) in [7, 11) is 4.11. The maximum absolute atomic E-state index is 12.5. The number of nitrogens with one attached hydrogen (secondary N) is 1. The molecule has 1 aliphatic carbocycles. The number of carbonyl (C=O) groups is 2. The summed E-state index contributed by atoms with van der Waals surface area (Å²) in [6.45, 7) is 0. The molecule has 2 aromatic rings. The van der Waals surface area contributed by atoms with Gasteiger partial charge in [-0.05, 0) is 37.1 Å². The van der Waals surface area contributed by atoms with Gasteiger partial charge in [-0.3, -0.25) is 0 Å². The summed E-state index contributed by atoms with van der Waals surface area (Å²) in [5.74, 6) is -0.143. The van der Waals surface area contributed by atoms with Gasteiger partial charge in [0.05, 0.1) is 21.3 Å². The predicted molar refractivity (Wildman–Crippen MR) is 104 cm³/mol. The van der Waals surface area contributed by atoms with Crippen molar-refractivity contribution in [1.82, 2.24) is 0 Å². The number of benzene rings is 1. The SMILES string of the molecule is COC(=O)c1c(NC2CCCCC2)oc(-c2ccc(OC)cc2)c1C(=O)OC. The van der Waals surface area contributed by atoms with Gasteiger partial charge in [0.1, 0.15) is 16.9 Å². The number of anilines is 1. The van der Waals surface area contributed by atoms with Crippen LogP contribution in [0.2, 0.25) is 0 Å². The lowest BCUT2D eigenvalue weighted by Crippen LogP contribution is -2.23. The van der Waals surface area contributed by atoms with Crippen molar-refractivity contribution in [3.8, 4) is 17.1 Å². The molecule has 1 heterocycles. The minimum absolute atomic E-state index is 0.0535. The van der Waals surface area contributed by atoms with Crippen molar-refractivity contribution in [3.05, 3.63) is 35.4 Å². The average molecular weight is 387 g/mol. The summed E-state index contributed by atoms with van der Waals surface area (Å²) in [4.78, 5) is 25.0. The van der Waals surface area contributed by atoms with Gasteiger partial charge in [0.25, 0.3) is 0 Å². The Hall–Kier alpha value is -2.96. The highest BCUT2D eigenvalue weighted by Gasteiger charge is 2.33. The van der Waals surface area contributed by atoms with Crippen LogP contribution in [0.25, 0.3) is 11.3 Å². The molecule has 28 heavy (non-hydrogen) atoms. The molecule has 1 N–H and O–H groups in total. The van der Waals surface area contributed by atoms with Crippen molar-refractivity contribution in [1.29, 1.82) is 0 Å². The molecule has 0 spiro atoms. The number of hydrogen-bond donors (Lipinski definition) is 1. The minimum Gasteiger partial charge on any atom is -0.497 e. The van der Waals surface area contributed by atoms with Crippen molar-refractivity contribution in [2.24, 2.45) is 0 Å². The lowest BCUT2D eigenvalue weighted by Gasteiger charge is -2.22. The lowest BCUT2D eigenvalue weighted by atomic mass is 9.95. The van der Waals surface area contributed by atoms with Crippen LogP contribution in [0.4, 0.5) is 5.88 Å². The van der Waals surface area contributed by atoms with Crippen LogP contribution in [-0.4, -0.2) is 39.3 Å². The van der Waals surface area contributed by atoms with Gasteiger partial charge < -0.3 is 23.9 Å². The van der Waals surface area contributed by atoms with Crippen LogP contribution in [0.1, 0.15) is 52.8 Å². The van der Waals surface area contributed by atoms with E-state index in [9.17, 15) is 9.59 Å². The van der Waals surface area contributed by atoms with Gasteiger partial charge in [0, 0.05) is 11.6 Å². The first kappa shape index (κ1) is 19.8. The van der Waals surface area contributed by atoms with Gasteiger partial charge in [-0.1, -0.05) is 19.3 Å². The Morgan fingerprint density at radius 3 is 2.11 bits per heavy atom. The third-order valence-electron chi connectivity index (χ3n) is 4.98. The van der Waals surface area contributed by atoms with Crippen molar-refractivity contribution in [2.75, 3.05) is 26.6 Å². The summed E-state index contributed by atoms with van der Waals surface area (Å²) in [6, 6.07) is 7.21. The van der Waals surface area contributed by atoms with Crippen molar-refractivity contribution in [2.45, 2.75) is 38.1 Å². The van der Waals surface area contributed by atoms with E-state index in [0.29, 0.717) is 11.3 Å². The van der Waals surface area contributed by atoms with Gasteiger partial charge in [0.2, 0.25) is 5.88 Å². The Balaban J connectivity index is 2.10. The number of carbonyl (C=O) groups excluding carboxylic acids is 2. The zero-order valence-corrected chi connectivity index (χ0v) is 16.4. The van der Waals surface area contributed by atoms with E-state index in [0.717, 1.165) is 25.7 Å². The first-order chi connectivity index (χ1) is 13.6. The maximum atomic E-state index is 12.5. The molecule has 1 saturated carbocycles. The van der Waals surface area contributed by atoms with Crippen molar-refractivity contribution < 1.29 is 28.2 Å². The van der Waals surface area contributed by atoms with Crippen LogP contribution in [0.15, 0.2) is 28.7 Å². The maximum Gasteiger partial charge on any atom is 0.344 e. The molecule has 0 bridgehead atoms. The van der Waals surface area contributed by atoms with E-state index >= 15 is 0 Å². The molecule has 150 valence electrons. The Morgan fingerprint density at radius 1 is 0.929 bits per heavy atom. The van der Waals surface area contributed by atoms with Gasteiger partial charge in [-0.25, -0.2) is 9.59 Å². The molecule has 1 aromatic carbocycles. The number of ether oxygens (including phenoxy) is 3. The van der Waals surface area contributed by atoms with Crippen LogP contribution < -0.4 is 10.1 Å². The first-order valence-electron chi connectivity index (χ1n) is 9.33. The number of esters is 2. The molecule has 0 unspecified atom stereocenters. The zero-order valence-electron chi connectivity index (χ0n) is 16.4. The topological polar surface area (TPSA) is 87.0 Å². The molecular weight excluding hydrogens is 362 g/mol. The van der Waals surface area contributed by atoms with E-state index < -0.39 is 11.9 Å². The van der Waals surface area contributed by atoms with Crippen LogP contribution in [0.3, 0.4) is 0 Å². The molecule has 7 nitrogen and oxygen atoms in total. The lowest BCUT2D eigenvalue weighted by molar-refractivity contribution is 0.0558. The molecule has 0 atom stereocenters. The van der Waals surface area contributed by atoms with Crippen molar-refractivity contribution >= 4 is 17.8 Å². The fourth-order valence-electron chi connectivity index (χ4n) is 3.50. The second kappa shape index (κ2) is 8.82. The molecule has 0 aliphatic heterocycles. The summed E-state index contributed by atoms with van der Waals surface area (Å²) >= 11 is 0. The number of rotatable bonds is 6. The standard InChI is InChI=1S/C21H25NO6/c1-25-15-11-9-13(10-12-15)18-16(20(23)26-2)17(21(24)27-3)19(28-18)22-14-7-5-4-6-8-14/h9-12,14,22H,4-8H2,1-3H3. The quantitative estimate of drug-likeness (QED) is 0.741. The average Bonchev–Trinajstić information content (AvgIpc) is 3.12. The largest absolute Gasteiger partial charge is 0.497 e. The van der Waals surface area contributed by atoms with Crippen LogP contribution >= 0.6 is 0 Å². The third-order valence-corrected chi connectivity index (χ3v) is 4.98.